The minimum Gasteiger partial charge on any atom is -0.497 e. The molecule has 5 nitrogen and oxygen atoms in total. The first-order valence-electron chi connectivity index (χ1n) is 6.62. The maximum atomic E-state index is 10.8. The first-order chi connectivity index (χ1) is 10.7. The zero-order valence-corrected chi connectivity index (χ0v) is 11.8. The molecule has 0 aliphatic carbocycles. The molecule has 1 heterocycles. The summed E-state index contributed by atoms with van der Waals surface area (Å²) in [6, 6.07) is 16.8. The van der Waals surface area contributed by atoms with E-state index in [1.807, 2.05) is 48.5 Å². The SMILES string of the molecule is COc1ccc(-c2ccc(-c3cc(C(=O)O)on3)cc2)cc1. The Kier molecular flexibility index (Phi) is 3.62. The van der Waals surface area contributed by atoms with Crippen LogP contribution in [-0.2, 0) is 0 Å². The molecule has 0 saturated heterocycles. The molecule has 110 valence electrons. The van der Waals surface area contributed by atoms with E-state index < -0.39 is 5.97 Å². The molecule has 2 aromatic carbocycles. The monoisotopic (exact) mass is 295 g/mol. The lowest BCUT2D eigenvalue weighted by molar-refractivity contribution is 0.0652. The Morgan fingerprint density at radius 3 is 2.05 bits per heavy atom. The Labute approximate surface area is 126 Å². The Morgan fingerprint density at radius 1 is 1.00 bits per heavy atom. The lowest BCUT2D eigenvalue weighted by atomic mass is 10.0. The van der Waals surface area contributed by atoms with Gasteiger partial charge in [-0.3, -0.25) is 0 Å². The zero-order valence-electron chi connectivity index (χ0n) is 11.8. The third kappa shape index (κ3) is 2.69. The molecule has 0 bridgehead atoms. The van der Waals surface area contributed by atoms with Crippen molar-refractivity contribution < 1.29 is 19.2 Å². The Morgan fingerprint density at radius 2 is 1.55 bits per heavy atom. The van der Waals surface area contributed by atoms with E-state index in [1.165, 1.54) is 6.07 Å². The number of carboxylic acid groups (broad SMARTS) is 1. The number of benzene rings is 2. The molecule has 0 fully saturated rings. The minimum atomic E-state index is -1.13. The predicted octanol–water partition coefficient (Wildman–Crippen LogP) is 3.72. The number of methoxy groups -OCH3 is 1. The standard InChI is InChI=1S/C17H13NO4/c1-21-14-8-6-12(7-9-14)11-2-4-13(5-3-11)15-10-16(17(19)20)22-18-15/h2-10H,1H3,(H,19,20). The quantitative estimate of drug-likeness (QED) is 0.794. The van der Waals surface area contributed by atoms with E-state index >= 15 is 0 Å². The van der Waals surface area contributed by atoms with E-state index in [-0.39, 0.29) is 5.76 Å². The van der Waals surface area contributed by atoms with Gasteiger partial charge in [0, 0.05) is 11.6 Å². The van der Waals surface area contributed by atoms with Crippen LogP contribution in [0, 0.1) is 0 Å². The number of rotatable bonds is 4. The van der Waals surface area contributed by atoms with Crippen molar-refractivity contribution in [1.29, 1.82) is 0 Å². The number of carbonyl (C=O) groups is 1. The van der Waals surface area contributed by atoms with E-state index in [4.69, 9.17) is 14.4 Å². The highest BCUT2D eigenvalue weighted by Gasteiger charge is 2.12. The Balaban J connectivity index is 1.86. The highest BCUT2D eigenvalue weighted by atomic mass is 16.5. The Bertz CT molecular complexity index is 788. The van der Waals surface area contributed by atoms with Gasteiger partial charge in [0.25, 0.3) is 0 Å². The molecule has 1 N–H and O–H groups in total. The van der Waals surface area contributed by atoms with Crippen LogP contribution in [0.4, 0.5) is 0 Å². The van der Waals surface area contributed by atoms with Crippen molar-refractivity contribution in [1.82, 2.24) is 5.16 Å². The maximum absolute atomic E-state index is 10.8. The summed E-state index contributed by atoms with van der Waals surface area (Å²) in [6.45, 7) is 0. The van der Waals surface area contributed by atoms with Crippen LogP contribution >= 0.6 is 0 Å². The van der Waals surface area contributed by atoms with Gasteiger partial charge in [-0.15, -0.1) is 0 Å². The van der Waals surface area contributed by atoms with Gasteiger partial charge in [0.1, 0.15) is 11.4 Å². The van der Waals surface area contributed by atoms with E-state index in [9.17, 15) is 4.79 Å². The predicted molar refractivity (Wildman–Crippen MR) is 80.9 cm³/mol. The number of ether oxygens (including phenoxy) is 1. The second-order valence-corrected chi connectivity index (χ2v) is 4.69. The maximum Gasteiger partial charge on any atom is 0.374 e. The van der Waals surface area contributed by atoms with Gasteiger partial charge in [-0.25, -0.2) is 4.79 Å². The van der Waals surface area contributed by atoms with Gasteiger partial charge >= 0.3 is 5.97 Å². The average Bonchev–Trinajstić information content (AvgIpc) is 3.05. The van der Waals surface area contributed by atoms with Crippen LogP contribution < -0.4 is 4.74 Å². The van der Waals surface area contributed by atoms with E-state index in [0.29, 0.717) is 5.69 Å². The van der Waals surface area contributed by atoms with Gasteiger partial charge < -0.3 is 14.4 Å². The van der Waals surface area contributed by atoms with Crippen molar-refractivity contribution in [3.63, 3.8) is 0 Å². The summed E-state index contributed by atoms with van der Waals surface area (Å²) in [4.78, 5) is 10.8. The molecule has 3 rings (SSSR count). The zero-order chi connectivity index (χ0) is 15.5. The van der Waals surface area contributed by atoms with Gasteiger partial charge in [-0.2, -0.15) is 0 Å². The molecule has 5 heteroatoms. The first kappa shape index (κ1) is 13.9. The average molecular weight is 295 g/mol. The summed E-state index contributed by atoms with van der Waals surface area (Å²) in [6.07, 6.45) is 0. The summed E-state index contributed by atoms with van der Waals surface area (Å²) in [7, 11) is 1.63. The van der Waals surface area contributed by atoms with Crippen molar-refractivity contribution in [2.45, 2.75) is 0 Å². The fraction of sp³-hybridized carbons (Fsp3) is 0.0588. The van der Waals surface area contributed by atoms with Crippen LogP contribution in [0.25, 0.3) is 22.4 Å². The van der Waals surface area contributed by atoms with Crippen molar-refractivity contribution in [2.75, 3.05) is 7.11 Å². The lowest BCUT2D eigenvalue weighted by Crippen LogP contribution is -1.91. The minimum absolute atomic E-state index is 0.172. The van der Waals surface area contributed by atoms with Crippen molar-refractivity contribution in [2.24, 2.45) is 0 Å². The smallest absolute Gasteiger partial charge is 0.374 e. The van der Waals surface area contributed by atoms with Gasteiger partial charge in [-0.05, 0) is 23.3 Å². The number of hydrogen-bond acceptors (Lipinski definition) is 4. The molecule has 22 heavy (non-hydrogen) atoms. The third-order valence-corrected chi connectivity index (χ3v) is 3.32. The highest BCUT2D eigenvalue weighted by Crippen LogP contribution is 2.26. The molecule has 0 aliphatic rings. The fourth-order valence-corrected chi connectivity index (χ4v) is 2.13. The summed E-state index contributed by atoms with van der Waals surface area (Å²) >= 11 is 0. The molecule has 0 saturated carbocycles. The largest absolute Gasteiger partial charge is 0.497 e. The van der Waals surface area contributed by atoms with Gasteiger partial charge in [0.05, 0.1) is 7.11 Å². The lowest BCUT2D eigenvalue weighted by Gasteiger charge is -2.04. The van der Waals surface area contributed by atoms with E-state index in [2.05, 4.69) is 5.16 Å². The molecular weight excluding hydrogens is 282 g/mol. The van der Waals surface area contributed by atoms with Crippen LogP contribution in [-0.4, -0.2) is 23.3 Å². The molecule has 0 radical (unpaired) electrons. The summed E-state index contributed by atoms with van der Waals surface area (Å²) < 4.78 is 9.89. The number of aromatic nitrogens is 1. The van der Waals surface area contributed by atoms with Crippen molar-refractivity contribution >= 4 is 5.97 Å². The number of aromatic carboxylic acids is 1. The van der Waals surface area contributed by atoms with Crippen LogP contribution in [0.2, 0.25) is 0 Å². The van der Waals surface area contributed by atoms with Gasteiger partial charge in [0.15, 0.2) is 0 Å². The van der Waals surface area contributed by atoms with Crippen LogP contribution in [0.1, 0.15) is 10.6 Å². The summed E-state index contributed by atoms with van der Waals surface area (Å²) in [5.74, 6) is -0.494. The molecule has 0 unspecified atom stereocenters. The van der Waals surface area contributed by atoms with Crippen LogP contribution in [0.5, 0.6) is 5.75 Å². The number of hydrogen-bond donors (Lipinski definition) is 1. The van der Waals surface area contributed by atoms with Crippen molar-refractivity contribution in [3.8, 4) is 28.1 Å². The topological polar surface area (TPSA) is 72.6 Å². The van der Waals surface area contributed by atoms with E-state index in [1.54, 1.807) is 7.11 Å². The van der Waals surface area contributed by atoms with Crippen molar-refractivity contribution in [3.05, 3.63) is 60.4 Å². The molecule has 1 aromatic heterocycles. The highest BCUT2D eigenvalue weighted by molar-refractivity contribution is 5.85. The van der Waals surface area contributed by atoms with E-state index in [0.717, 1.165) is 22.4 Å². The summed E-state index contributed by atoms with van der Waals surface area (Å²) in [5, 5.41) is 12.6. The van der Waals surface area contributed by atoms with Crippen LogP contribution in [0.3, 0.4) is 0 Å². The number of nitrogens with zero attached hydrogens (tertiary/aromatic N) is 1. The third-order valence-electron chi connectivity index (χ3n) is 3.32. The van der Waals surface area contributed by atoms with Crippen LogP contribution in [0.15, 0.2) is 59.1 Å². The molecular formula is C17H13NO4. The second-order valence-electron chi connectivity index (χ2n) is 4.69. The van der Waals surface area contributed by atoms with Gasteiger partial charge in [0.2, 0.25) is 5.76 Å². The first-order valence-corrected chi connectivity index (χ1v) is 6.62. The second kappa shape index (κ2) is 5.73. The Hall–Kier alpha value is -3.08. The summed E-state index contributed by atoms with van der Waals surface area (Å²) in [5.41, 5.74) is 3.42. The molecule has 0 atom stereocenters. The fourth-order valence-electron chi connectivity index (χ4n) is 2.13. The molecule has 0 amide bonds. The molecule has 3 aromatic rings. The number of carboxylic acids is 1. The molecule has 0 aliphatic heterocycles. The normalized spacial score (nSPS) is 10.4. The molecule has 0 spiro atoms. The van der Waals surface area contributed by atoms with Gasteiger partial charge in [-0.1, -0.05) is 41.6 Å².